The molecule has 4 rings (SSSR count). The maximum atomic E-state index is 12.8. The Balaban J connectivity index is 1.45. The lowest BCUT2D eigenvalue weighted by Crippen LogP contribution is -2.37. The predicted molar refractivity (Wildman–Crippen MR) is 118 cm³/mol. The van der Waals surface area contributed by atoms with Gasteiger partial charge in [-0.15, -0.1) is 4.40 Å². The van der Waals surface area contributed by atoms with Gasteiger partial charge in [0.1, 0.15) is 5.84 Å². The standard InChI is InChI=1S/C22H21N3O5S/c1-2-25(19-9-5-7-16-6-3-4-8-18(16)19)21(26)15-30-22(27)17-10-11-20-23-31(28,29)13-12-24(20)14-17/h3-11,14H,2,12-13,15H2,1H3. The maximum absolute atomic E-state index is 12.8. The topological polar surface area (TPSA) is 96.4 Å². The third-order valence-corrected chi connectivity index (χ3v) is 6.22. The summed E-state index contributed by atoms with van der Waals surface area (Å²) in [6.45, 7) is 2.08. The Bertz CT molecular complexity index is 1240. The Morgan fingerprint density at radius 3 is 2.71 bits per heavy atom. The Kier molecular flexibility index (Phi) is 5.60. The van der Waals surface area contributed by atoms with Crippen molar-refractivity contribution in [1.82, 2.24) is 4.90 Å². The second kappa shape index (κ2) is 8.35. The number of rotatable bonds is 5. The molecule has 2 aliphatic rings. The number of ether oxygens (including phenoxy) is 1. The molecular formula is C22H21N3O5S. The fourth-order valence-electron chi connectivity index (χ4n) is 3.53. The largest absolute Gasteiger partial charge is 0.452 e. The summed E-state index contributed by atoms with van der Waals surface area (Å²) in [5.41, 5.74) is 0.980. The molecule has 0 N–H and O–H groups in total. The highest BCUT2D eigenvalue weighted by atomic mass is 32.2. The van der Waals surface area contributed by atoms with Crippen molar-refractivity contribution < 1.29 is 22.7 Å². The molecule has 0 unspecified atom stereocenters. The monoisotopic (exact) mass is 439 g/mol. The molecule has 8 nitrogen and oxygen atoms in total. The molecule has 2 aromatic carbocycles. The van der Waals surface area contributed by atoms with E-state index in [1.165, 1.54) is 18.4 Å². The van der Waals surface area contributed by atoms with Crippen LogP contribution in [0.15, 0.2) is 70.8 Å². The molecule has 2 aliphatic heterocycles. The van der Waals surface area contributed by atoms with E-state index in [9.17, 15) is 18.0 Å². The van der Waals surface area contributed by atoms with E-state index in [0.29, 0.717) is 6.54 Å². The van der Waals surface area contributed by atoms with E-state index in [1.54, 1.807) is 9.80 Å². The quantitative estimate of drug-likeness (QED) is 0.663. The van der Waals surface area contributed by atoms with Crippen LogP contribution in [0.1, 0.15) is 6.92 Å². The van der Waals surface area contributed by atoms with E-state index in [-0.39, 0.29) is 29.6 Å². The van der Waals surface area contributed by atoms with Crippen LogP contribution in [0.4, 0.5) is 5.69 Å². The number of anilines is 1. The van der Waals surface area contributed by atoms with Crippen molar-refractivity contribution in [2.75, 3.05) is 30.3 Å². The second-order valence-corrected chi connectivity index (χ2v) is 8.81. The highest BCUT2D eigenvalue weighted by Gasteiger charge is 2.26. The average molecular weight is 439 g/mol. The third kappa shape index (κ3) is 4.36. The van der Waals surface area contributed by atoms with Gasteiger partial charge in [0.05, 0.1) is 17.0 Å². The molecule has 31 heavy (non-hydrogen) atoms. The molecule has 0 fully saturated rings. The lowest BCUT2D eigenvalue weighted by atomic mass is 10.1. The van der Waals surface area contributed by atoms with Gasteiger partial charge in [-0.1, -0.05) is 36.4 Å². The van der Waals surface area contributed by atoms with Crippen LogP contribution in [0.25, 0.3) is 10.8 Å². The fourth-order valence-corrected chi connectivity index (χ4v) is 4.50. The number of nitrogens with zero attached hydrogens (tertiary/aromatic N) is 3. The van der Waals surface area contributed by atoms with Crippen LogP contribution in [0.3, 0.4) is 0 Å². The summed E-state index contributed by atoms with van der Waals surface area (Å²) in [6, 6.07) is 13.5. The van der Waals surface area contributed by atoms with E-state index in [0.717, 1.165) is 16.5 Å². The Labute approximate surface area is 180 Å². The van der Waals surface area contributed by atoms with E-state index in [4.69, 9.17) is 4.74 Å². The Morgan fingerprint density at radius 2 is 1.90 bits per heavy atom. The summed E-state index contributed by atoms with van der Waals surface area (Å²) in [7, 11) is -3.47. The lowest BCUT2D eigenvalue weighted by Gasteiger charge is -2.27. The number of hydrogen-bond donors (Lipinski definition) is 0. The van der Waals surface area contributed by atoms with Gasteiger partial charge in [0.15, 0.2) is 6.61 Å². The summed E-state index contributed by atoms with van der Waals surface area (Å²) in [6.07, 6.45) is 4.37. The number of hydrogen-bond acceptors (Lipinski definition) is 6. The highest BCUT2D eigenvalue weighted by molar-refractivity contribution is 7.90. The van der Waals surface area contributed by atoms with Gasteiger partial charge in [0, 0.05) is 24.7 Å². The second-order valence-electron chi connectivity index (χ2n) is 7.06. The van der Waals surface area contributed by atoms with Crippen LogP contribution in [0.5, 0.6) is 0 Å². The first kappa shape index (κ1) is 20.8. The van der Waals surface area contributed by atoms with Crippen LogP contribution < -0.4 is 4.90 Å². The van der Waals surface area contributed by atoms with Crippen molar-refractivity contribution >= 4 is 44.2 Å². The van der Waals surface area contributed by atoms with Gasteiger partial charge in [0.25, 0.3) is 15.9 Å². The molecule has 0 aliphatic carbocycles. The maximum Gasteiger partial charge on any atom is 0.340 e. The smallest absolute Gasteiger partial charge is 0.340 e. The van der Waals surface area contributed by atoms with E-state index >= 15 is 0 Å². The van der Waals surface area contributed by atoms with Crippen LogP contribution >= 0.6 is 0 Å². The molecule has 0 atom stereocenters. The zero-order valence-corrected chi connectivity index (χ0v) is 17.7. The van der Waals surface area contributed by atoms with Gasteiger partial charge in [0.2, 0.25) is 0 Å². The number of esters is 1. The van der Waals surface area contributed by atoms with Crippen molar-refractivity contribution in [3.05, 3.63) is 66.4 Å². The molecule has 0 bridgehead atoms. The normalized spacial score (nSPS) is 16.9. The first-order valence-electron chi connectivity index (χ1n) is 9.82. The number of likely N-dealkylation sites (N-methyl/N-ethyl adjacent to an activating group) is 1. The predicted octanol–water partition coefficient (Wildman–Crippen LogP) is 2.23. The number of carbonyl (C=O) groups is 2. The molecule has 0 saturated carbocycles. The van der Waals surface area contributed by atoms with E-state index in [1.807, 2.05) is 49.4 Å². The van der Waals surface area contributed by atoms with E-state index < -0.39 is 22.6 Å². The summed E-state index contributed by atoms with van der Waals surface area (Å²) in [4.78, 5) is 28.4. The first-order chi connectivity index (χ1) is 14.9. The zero-order valence-electron chi connectivity index (χ0n) is 16.9. The molecule has 160 valence electrons. The SMILES string of the molecule is CCN(C(=O)COC(=O)C1=CN2CCS(=O)(=O)N=C2C=C1)c1cccc2ccccc12. The van der Waals surface area contributed by atoms with Gasteiger partial charge in [-0.2, -0.15) is 0 Å². The minimum atomic E-state index is -3.47. The molecule has 2 heterocycles. The van der Waals surface area contributed by atoms with Gasteiger partial charge in [-0.25, -0.2) is 13.2 Å². The molecule has 0 saturated heterocycles. The minimum absolute atomic E-state index is 0.127. The summed E-state index contributed by atoms with van der Waals surface area (Å²) in [5, 5.41) is 1.96. The number of fused-ring (bicyclic) bond motifs is 2. The summed E-state index contributed by atoms with van der Waals surface area (Å²) < 4.78 is 32.1. The summed E-state index contributed by atoms with van der Waals surface area (Å²) in [5.74, 6) is -0.866. The third-order valence-electron chi connectivity index (χ3n) is 5.06. The van der Waals surface area contributed by atoms with Crippen LogP contribution in [0, 0.1) is 0 Å². The fraction of sp³-hybridized carbons (Fsp3) is 0.227. The van der Waals surface area contributed by atoms with Gasteiger partial charge < -0.3 is 14.5 Å². The van der Waals surface area contributed by atoms with E-state index in [2.05, 4.69) is 4.40 Å². The highest BCUT2D eigenvalue weighted by Crippen LogP contribution is 2.27. The van der Waals surface area contributed by atoms with Crippen molar-refractivity contribution in [3.8, 4) is 0 Å². The lowest BCUT2D eigenvalue weighted by molar-refractivity contribution is -0.143. The number of amidine groups is 1. The van der Waals surface area contributed by atoms with Crippen molar-refractivity contribution in [3.63, 3.8) is 0 Å². The first-order valence-corrected chi connectivity index (χ1v) is 11.4. The molecule has 0 aromatic heterocycles. The van der Waals surface area contributed by atoms with Gasteiger partial charge in [-0.3, -0.25) is 4.79 Å². The molecule has 9 heteroatoms. The molecule has 0 spiro atoms. The molecule has 1 amide bonds. The molecule has 2 aromatic rings. The van der Waals surface area contributed by atoms with Crippen molar-refractivity contribution in [2.45, 2.75) is 6.92 Å². The van der Waals surface area contributed by atoms with Crippen LogP contribution in [-0.2, 0) is 24.3 Å². The van der Waals surface area contributed by atoms with Crippen molar-refractivity contribution in [2.24, 2.45) is 4.40 Å². The molecule has 0 radical (unpaired) electrons. The summed E-state index contributed by atoms with van der Waals surface area (Å²) >= 11 is 0. The molecular weight excluding hydrogens is 418 g/mol. The number of benzene rings is 2. The number of sulfonamides is 1. The minimum Gasteiger partial charge on any atom is -0.452 e. The Hall–Kier alpha value is -3.46. The Morgan fingerprint density at radius 1 is 1.13 bits per heavy atom. The average Bonchev–Trinajstić information content (AvgIpc) is 2.77. The van der Waals surface area contributed by atoms with Gasteiger partial charge in [-0.05, 0) is 30.5 Å². The van der Waals surface area contributed by atoms with Crippen LogP contribution in [0.2, 0.25) is 0 Å². The van der Waals surface area contributed by atoms with Crippen molar-refractivity contribution in [1.29, 1.82) is 0 Å². The zero-order chi connectivity index (χ0) is 22.0. The number of carbonyl (C=O) groups excluding carboxylic acids is 2. The van der Waals surface area contributed by atoms with Gasteiger partial charge >= 0.3 is 5.97 Å². The number of amides is 1. The van der Waals surface area contributed by atoms with Crippen LogP contribution in [-0.4, -0.2) is 56.5 Å².